The third kappa shape index (κ3) is 2.05. The lowest BCUT2D eigenvalue weighted by Gasteiger charge is -2.16. The van der Waals surface area contributed by atoms with Crippen molar-refractivity contribution >= 4 is 0 Å². The zero-order valence-corrected chi connectivity index (χ0v) is 8.18. The molecular formula is C11H12FN3. The number of benzene rings is 1. The summed E-state index contributed by atoms with van der Waals surface area (Å²) in [5, 5.41) is 0. The summed E-state index contributed by atoms with van der Waals surface area (Å²) in [6, 6.07) is 6.41. The normalized spacial score (nSPS) is 12.7. The first-order chi connectivity index (χ1) is 7.31. The third-order valence-corrected chi connectivity index (χ3v) is 2.34. The summed E-state index contributed by atoms with van der Waals surface area (Å²) in [6.45, 7) is 0.416. The zero-order valence-electron chi connectivity index (χ0n) is 8.18. The SMILES string of the molecule is NCC(c1cccc(F)c1)n1ccnc1. The molecule has 1 aromatic carbocycles. The van der Waals surface area contributed by atoms with E-state index in [9.17, 15) is 4.39 Å². The molecule has 2 aromatic rings. The van der Waals surface area contributed by atoms with Crippen LogP contribution in [0.1, 0.15) is 11.6 Å². The highest BCUT2D eigenvalue weighted by molar-refractivity contribution is 5.21. The molecule has 3 nitrogen and oxygen atoms in total. The van der Waals surface area contributed by atoms with Gasteiger partial charge in [-0.15, -0.1) is 0 Å². The second kappa shape index (κ2) is 4.23. The first-order valence-corrected chi connectivity index (χ1v) is 4.74. The Labute approximate surface area is 87.4 Å². The molecule has 1 aromatic heterocycles. The molecule has 0 amide bonds. The number of halogens is 1. The first kappa shape index (κ1) is 9.86. The van der Waals surface area contributed by atoms with Crippen molar-refractivity contribution in [1.82, 2.24) is 9.55 Å². The highest BCUT2D eigenvalue weighted by Gasteiger charge is 2.11. The Morgan fingerprint density at radius 1 is 1.47 bits per heavy atom. The molecule has 0 fully saturated rings. The fraction of sp³-hybridized carbons (Fsp3) is 0.182. The van der Waals surface area contributed by atoms with Crippen LogP contribution in [0.15, 0.2) is 43.0 Å². The predicted molar refractivity (Wildman–Crippen MR) is 55.8 cm³/mol. The molecule has 0 aliphatic rings. The molecule has 0 aliphatic heterocycles. The Bertz CT molecular complexity index is 425. The van der Waals surface area contributed by atoms with Crippen LogP contribution < -0.4 is 5.73 Å². The molecule has 2 N–H and O–H groups in total. The largest absolute Gasteiger partial charge is 0.329 e. The van der Waals surface area contributed by atoms with Crippen molar-refractivity contribution in [1.29, 1.82) is 0 Å². The molecular weight excluding hydrogens is 193 g/mol. The lowest BCUT2D eigenvalue weighted by atomic mass is 10.1. The van der Waals surface area contributed by atoms with Gasteiger partial charge in [-0.2, -0.15) is 0 Å². The second-order valence-electron chi connectivity index (χ2n) is 3.32. The van der Waals surface area contributed by atoms with E-state index in [1.54, 1.807) is 18.6 Å². The molecule has 78 valence electrons. The number of imidazole rings is 1. The van der Waals surface area contributed by atoms with Crippen LogP contribution in [-0.4, -0.2) is 16.1 Å². The number of hydrogen-bond acceptors (Lipinski definition) is 2. The Morgan fingerprint density at radius 3 is 2.93 bits per heavy atom. The van der Waals surface area contributed by atoms with E-state index in [0.29, 0.717) is 6.54 Å². The van der Waals surface area contributed by atoms with E-state index in [4.69, 9.17) is 5.73 Å². The maximum Gasteiger partial charge on any atom is 0.123 e. The van der Waals surface area contributed by atoms with E-state index in [0.717, 1.165) is 5.56 Å². The maximum atomic E-state index is 13.0. The summed E-state index contributed by atoms with van der Waals surface area (Å²) < 4.78 is 14.9. The molecule has 0 bridgehead atoms. The van der Waals surface area contributed by atoms with Crippen LogP contribution in [-0.2, 0) is 0 Å². The van der Waals surface area contributed by atoms with Crippen LogP contribution >= 0.6 is 0 Å². The Morgan fingerprint density at radius 2 is 2.33 bits per heavy atom. The van der Waals surface area contributed by atoms with Gasteiger partial charge in [0.15, 0.2) is 0 Å². The molecule has 0 saturated heterocycles. The molecule has 15 heavy (non-hydrogen) atoms. The second-order valence-corrected chi connectivity index (χ2v) is 3.32. The average Bonchev–Trinajstić information content (AvgIpc) is 2.72. The maximum absolute atomic E-state index is 13.0. The fourth-order valence-electron chi connectivity index (χ4n) is 1.60. The lowest BCUT2D eigenvalue weighted by Crippen LogP contribution is -2.19. The molecule has 0 aliphatic carbocycles. The molecule has 0 saturated carbocycles. The smallest absolute Gasteiger partial charge is 0.123 e. The summed E-state index contributed by atoms with van der Waals surface area (Å²) in [7, 11) is 0. The summed E-state index contributed by atoms with van der Waals surface area (Å²) in [6.07, 6.45) is 5.19. The molecule has 1 unspecified atom stereocenters. The van der Waals surface area contributed by atoms with Gasteiger partial charge in [0, 0.05) is 18.9 Å². The Hall–Kier alpha value is -1.68. The highest BCUT2D eigenvalue weighted by Crippen LogP contribution is 2.17. The van der Waals surface area contributed by atoms with Gasteiger partial charge >= 0.3 is 0 Å². The van der Waals surface area contributed by atoms with Crippen molar-refractivity contribution < 1.29 is 4.39 Å². The van der Waals surface area contributed by atoms with Crippen LogP contribution in [0.3, 0.4) is 0 Å². The first-order valence-electron chi connectivity index (χ1n) is 4.74. The van der Waals surface area contributed by atoms with Gasteiger partial charge in [-0.3, -0.25) is 0 Å². The highest BCUT2D eigenvalue weighted by atomic mass is 19.1. The number of aromatic nitrogens is 2. The standard InChI is InChI=1S/C11H12FN3/c12-10-3-1-2-9(6-10)11(7-13)15-5-4-14-8-15/h1-6,8,11H,7,13H2. The quantitative estimate of drug-likeness (QED) is 0.826. The van der Waals surface area contributed by atoms with Crippen molar-refractivity contribution in [2.24, 2.45) is 5.73 Å². The molecule has 1 atom stereocenters. The summed E-state index contributed by atoms with van der Waals surface area (Å²) >= 11 is 0. The number of nitrogens with zero attached hydrogens (tertiary/aromatic N) is 2. The van der Waals surface area contributed by atoms with Crippen LogP contribution in [0.25, 0.3) is 0 Å². The number of hydrogen-bond donors (Lipinski definition) is 1. The van der Waals surface area contributed by atoms with Crippen LogP contribution in [0, 0.1) is 5.82 Å². The minimum absolute atomic E-state index is 0.0526. The van der Waals surface area contributed by atoms with Crippen molar-refractivity contribution in [2.45, 2.75) is 6.04 Å². The van der Waals surface area contributed by atoms with E-state index in [1.807, 2.05) is 16.8 Å². The number of rotatable bonds is 3. The van der Waals surface area contributed by atoms with Gasteiger partial charge in [0.2, 0.25) is 0 Å². The van der Waals surface area contributed by atoms with Gasteiger partial charge < -0.3 is 10.3 Å². The van der Waals surface area contributed by atoms with Gasteiger partial charge in [0.25, 0.3) is 0 Å². The van der Waals surface area contributed by atoms with Crippen LogP contribution in [0.5, 0.6) is 0 Å². The zero-order chi connectivity index (χ0) is 10.7. The molecule has 4 heteroatoms. The summed E-state index contributed by atoms with van der Waals surface area (Å²) in [4.78, 5) is 3.95. The van der Waals surface area contributed by atoms with Gasteiger partial charge in [-0.25, -0.2) is 9.37 Å². The molecule has 0 spiro atoms. The van der Waals surface area contributed by atoms with Gasteiger partial charge in [-0.1, -0.05) is 12.1 Å². The third-order valence-electron chi connectivity index (χ3n) is 2.34. The Kier molecular flexibility index (Phi) is 2.78. The van der Waals surface area contributed by atoms with Gasteiger partial charge in [0.05, 0.1) is 12.4 Å². The number of nitrogens with two attached hydrogens (primary N) is 1. The van der Waals surface area contributed by atoms with E-state index in [-0.39, 0.29) is 11.9 Å². The van der Waals surface area contributed by atoms with E-state index < -0.39 is 0 Å². The molecule has 1 heterocycles. The van der Waals surface area contributed by atoms with Crippen molar-refractivity contribution in [3.63, 3.8) is 0 Å². The van der Waals surface area contributed by atoms with E-state index in [2.05, 4.69) is 4.98 Å². The molecule has 0 radical (unpaired) electrons. The minimum Gasteiger partial charge on any atom is -0.329 e. The van der Waals surface area contributed by atoms with Gasteiger partial charge in [0.1, 0.15) is 5.82 Å². The topological polar surface area (TPSA) is 43.8 Å². The lowest BCUT2D eigenvalue weighted by molar-refractivity contribution is 0.579. The average molecular weight is 205 g/mol. The van der Waals surface area contributed by atoms with Crippen LogP contribution in [0.4, 0.5) is 4.39 Å². The van der Waals surface area contributed by atoms with Gasteiger partial charge in [-0.05, 0) is 17.7 Å². The minimum atomic E-state index is -0.244. The van der Waals surface area contributed by atoms with E-state index in [1.165, 1.54) is 12.1 Å². The summed E-state index contributed by atoms with van der Waals surface area (Å²) in [5.41, 5.74) is 6.53. The van der Waals surface area contributed by atoms with Crippen LogP contribution in [0.2, 0.25) is 0 Å². The Balaban J connectivity index is 2.35. The monoisotopic (exact) mass is 205 g/mol. The van der Waals surface area contributed by atoms with Crippen molar-refractivity contribution in [3.8, 4) is 0 Å². The molecule has 2 rings (SSSR count). The summed E-state index contributed by atoms with van der Waals surface area (Å²) in [5.74, 6) is -0.244. The van der Waals surface area contributed by atoms with Crippen molar-refractivity contribution in [3.05, 3.63) is 54.4 Å². The predicted octanol–water partition coefficient (Wildman–Crippen LogP) is 1.57. The van der Waals surface area contributed by atoms with E-state index >= 15 is 0 Å². The fourth-order valence-corrected chi connectivity index (χ4v) is 1.60. The van der Waals surface area contributed by atoms with Crippen molar-refractivity contribution in [2.75, 3.05) is 6.54 Å².